The second-order valence-corrected chi connectivity index (χ2v) is 7.80. The summed E-state index contributed by atoms with van der Waals surface area (Å²) in [6.45, 7) is 0.677. The summed E-state index contributed by atoms with van der Waals surface area (Å²) in [5.41, 5.74) is 0.518. The van der Waals surface area contributed by atoms with Crippen LogP contribution in [0.5, 0.6) is 0 Å². The van der Waals surface area contributed by atoms with Gasteiger partial charge < -0.3 is 19.3 Å². The molecule has 0 fully saturated rings. The van der Waals surface area contributed by atoms with Crippen LogP contribution in [0.25, 0.3) is 11.0 Å². The first kappa shape index (κ1) is 21.3. The molecule has 1 amide bonds. The van der Waals surface area contributed by atoms with Crippen LogP contribution in [0.4, 0.5) is 5.69 Å². The molecular formula is C23H21N3O6. The normalized spacial score (nSPS) is 16.4. The van der Waals surface area contributed by atoms with E-state index in [4.69, 9.17) is 4.42 Å². The fourth-order valence-corrected chi connectivity index (χ4v) is 3.81. The highest BCUT2D eigenvalue weighted by Crippen LogP contribution is 2.40. The standard InChI is InChI=1S/C23H21N3O6/c1-24(2)10-11-25-20(15-7-5-8-16(12-15)26(30)31)19(22(28)23(25)29)21(27)18-13-14-6-3-4-9-17(14)32-18/h3-9,12-13,20,28H,10-11H2,1-2H3/t20-/m1/s1. The summed E-state index contributed by atoms with van der Waals surface area (Å²) >= 11 is 0. The number of hydrogen-bond acceptors (Lipinski definition) is 7. The number of nitro benzene ring substituents is 1. The molecule has 9 nitrogen and oxygen atoms in total. The Labute approximate surface area is 183 Å². The lowest BCUT2D eigenvalue weighted by Crippen LogP contribution is -2.36. The number of nitrogens with zero attached hydrogens (tertiary/aromatic N) is 3. The molecule has 0 radical (unpaired) electrons. The van der Waals surface area contributed by atoms with Gasteiger partial charge in [-0.2, -0.15) is 0 Å². The molecule has 2 aromatic carbocycles. The third kappa shape index (κ3) is 3.74. The number of carbonyl (C=O) groups is 2. The molecular weight excluding hydrogens is 414 g/mol. The quantitative estimate of drug-likeness (QED) is 0.343. The first-order chi connectivity index (χ1) is 15.3. The van der Waals surface area contributed by atoms with Gasteiger partial charge in [0.15, 0.2) is 11.5 Å². The largest absolute Gasteiger partial charge is 0.503 e. The maximum Gasteiger partial charge on any atom is 0.290 e. The third-order valence-corrected chi connectivity index (χ3v) is 5.38. The average Bonchev–Trinajstić information content (AvgIpc) is 3.31. The van der Waals surface area contributed by atoms with E-state index in [9.17, 15) is 24.8 Å². The number of aliphatic hydroxyl groups excluding tert-OH is 1. The zero-order valence-electron chi connectivity index (χ0n) is 17.5. The molecule has 0 unspecified atom stereocenters. The van der Waals surface area contributed by atoms with Gasteiger partial charge in [-0.1, -0.05) is 30.3 Å². The number of nitro groups is 1. The van der Waals surface area contributed by atoms with E-state index in [1.807, 2.05) is 19.0 Å². The lowest BCUT2D eigenvalue weighted by molar-refractivity contribution is -0.384. The number of rotatable bonds is 7. The monoisotopic (exact) mass is 435 g/mol. The molecule has 4 rings (SSSR count). The number of non-ortho nitro benzene ring substituents is 1. The second-order valence-electron chi connectivity index (χ2n) is 7.80. The maximum atomic E-state index is 13.4. The summed E-state index contributed by atoms with van der Waals surface area (Å²) in [6.07, 6.45) is 0. The van der Waals surface area contributed by atoms with Gasteiger partial charge in [0.05, 0.1) is 16.5 Å². The molecule has 0 aliphatic carbocycles. The minimum atomic E-state index is -0.983. The molecule has 1 aromatic heterocycles. The number of likely N-dealkylation sites (N-methyl/N-ethyl adjacent to an activating group) is 1. The molecule has 1 N–H and O–H groups in total. The first-order valence-corrected chi connectivity index (χ1v) is 9.94. The highest BCUT2D eigenvalue weighted by atomic mass is 16.6. The van der Waals surface area contributed by atoms with E-state index in [0.29, 0.717) is 23.1 Å². The Balaban J connectivity index is 1.81. The Bertz CT molecular complexity index is 1230. The number of ketones is 1. The molecule has 0 spiro atoms. The van der Waals surface area contributed by atoms with Crippen molar-refractivity contribution in [1.82, 2.24) is 9.80 Å². The van der Waals surface area contributed by atoms with Gasteiger partial charge >= 0.3 is 0 Å². The molecule has 2 heterocycles. The summed E-state index contributed by atoms with van der Waals surface area (Å²) in [7, 11) is 3.66. The summed E-state index contributed by atoms with van der Waals surface area (Å²) in [5.74, 6) is -2.05. The van der Waals surface area contributed by atoms with Gasteiger partial charge in [0.25, 0.3) is 11.6 Å². The molecule has 3 aromatic rings. The number of fused-ring (bicyclic) bond motifs is 1. The van der Waals surface area contributed by atoms with Crippen molar-refractivity contribution in [1.29, 1.82) is 0 Å². The van der Waals surface area contributed by atoms with Gasteiger partial charge in [0.2, 0.25) is 5.78 Å². The summed E-state index contributed by atoms with van der Waals surface area (Å²) in [4.78, 5) is 40.3. The van der Waals surface area contributed by atoms with Crippen molar-refractivity contribution in [2.75, 3.05) is 27.2 Å². The molecule has 9 heteroatoms. The van der Waals surface area contributed by atoms with Gasteiger partial charge in [-0.05, 0) is 31.8 Å². The maximum absolute atomic E-state index is 13.4. The molecule has 1 atom stereocenters. The Hall–Kier alpha value is -3.98. The van der Waals surface area contributed by atoms with Crippen molar-refractivity contribution in [3.63, 3.8) is 0 Å². The molecule has 164 valence electrons. The fourth-order valence-electron chi connectivity index (χ4n) is 3.81. The molecule has 32 heavy (non-hydrogen) atoms. The number of para-hydroxylation sites is 1. The van der Waals surface area contributed by atoms with Crippen molar-refractivity contribution in [2.45, 2.75) is 6.04 Å². The number of furan rings is 1. The molecule has 0 saturated heterocycles. The van der Waals surface area contributed by atoms with Crippen molar-refractivity contribution in [3.8, 4) is 0 Å². The highest BCUT2D eigenvalue weighted by Gasteiger charge is 2.44. The van der Waals surface area contributed by atoms with E-state index in [2.05, 4.69) is 0 Å². The lowest BCUT2D eigenvalue weighted by Gasteiger charge is -2.27. The molecule has 0 saturated carbocycles. The van der Waals surface area contributed by atoms with Gasteiger partial charge in [-0.15, -0.1) is 0 Å². The topological polar surface area (TPSA) is 117 Å². The SMILES string of the molecule is CN(C)CCN1C(=O)C(O)=C(C(=O)c2cc3ccccc3o2)[C@H]1c1cccc([N+](=O)[O-])c1. The number of aliphatic hydroxyl groups is 1. The van der Waals surface area contributed by atoms with E-state index in [-0.39, 0.29) is 23.6 Å². The Morgan fingerprint density at radius 3 is 2.62 bits per heavy atom. The van der Waals surface area contributed by atoms with Gasteiger partial charge in [-0.3, -0.25) is 19.7 Å². The van der Waals surface area contributed by atoms with Gasteiger partial charge in [0, 0.05) is 30.6 Å². The lowest BCUT2D eigenvalue weighted by atomic mass is 9.94. The predicted octanol–water partition coefficient (Wildman–Crippen LogP) is 3.48. The van der Waals surface area contributed by atoms with E-state index < -0.39 is 28.4 Å². The third-order valence-electron chi connectivity index (χ3n) is 5.38. The minimum Gasteiger partial charge on any atom is -0.503 e. The Morgan fingerprint density at radius 1 is 1.19 bits per heavy atom. The van der Waals surface area contributed by atoms with E-state index in [1.165, 1.54) is 23.1 Å². The summed E-state index contributed by atoms with van der Waals surface area (Å²) in [5, 5.41) is 22.7. The molecule has 0 bridgehead atoms. The van der Waals surface area contributed by atoms with E-state index in [0.717, 1.165) is 0 Å². The van der Waals surface area contributed by atoms with Crippen LogP contribution in [0.3, 0.4) is 0 Å². The predicted molar refractivity (Wildman–Crippen MR) is 116 cm³/mol. The van der Waals surface area contributed by atoms with E-state index in [1.54, 1.807) is 36.4 Å². The van der Waals surface area contributed by atoms with Crippen LogP contribution in [0.15, 0.2) is 70.3 Å². The number of benzene rings is 2. The Morgan fingerprint density at radius 2 is 1.94 bits per heavy atom. The van der Waals surface area contributed by atoms with Crippen molar-refractivity contribution in [3.05, 3.63) is 87.4 Å². The smallest absolute Gasteiger partial charge is 0.290 e. The molecule has 1 aliphatic rings. The summed E-state index contributed by atoms with van der Waals surface area (Å²) in [6, 6.07) is 13.4. The van der Waals surface area contributed by atoms with Crippen molar-refractivity contribution < 1.29 is 24.0 Å². The zero-order chi connectivity index (χ0) is 23.0. The zero-order valence-corrected chi connectivity index (χ0v) is 17.5. The van der Waals surface area contributed by atoms with Crippen molar-refractivity contribution >= 4 is 28.3 Å². The number of carbonyl (C=O) groups excluding carboxylic acids is 2. The highest BCUT2D eigenvalue weighted by molar-refractivity contribution is 6.16. The molecule has 1 aliphatic heterocycles. The Kier molecular flexibility index (Phi) is 5.50. The van der Waals surface area contributed by atoms with Crippen molar-refractivity contribution in [2.24, 2.45) is 0 Å². The van der Waals surface area contributed by atoms with Crippen LogP contribution < -0.4 is 0 Å². The fraction of sp³-hybridized carbons (Fsp3) is 0.217. The van der Waals surface area contributed by atoms with Gasteiger partial charge in [0.1, 0.15) is 5.58 Å². The van der Waals surface area contributed by atoms with Crippen LogP contribution in [0.2, 0.25) is 0 Å². The number of Topliss-reactive ketones (excluding diaryl/α,β-unsaturated/α-hetero) is 1. The number of hydrogen-bond donors (Lipinski definition) is 1. The van der Waals surface area contributed by atoms with Crippen LogP contribution in [-0.4, -0.2) is 58.7 Å². The van der Waals surface area contributed by atoms with Crippen LogP contribution >= 0.6 is 0 Å². The van der Waals surface area contributed by atoms with Crippen LogP contribution in [-0.2, 0) is 4.79 Å². The average molecular weight is 435 g/mol. The van der Waals surface area contributed by atoms with Crippen LogP contribution in [0, 0.1) is 10.1 Å². The van der Waals surface area contributed by atoms with Crippen LogP contribution in [0.1, 0.15) is 22.2 Å². The number of amides is 1. The summed E-state index contributed by atoms with van der Waals surface area (Å²) < 4.78 is 5.66. The minimum absolute atomic E-state index is 0.0227. The van der Waals surface area contributed by atoms with E-state index >= 15 is 0 Å². The first-order valence-electron chi connectivity index (χ1n) is 9.94. The van der Waals surface area contributed by atoms with Gasteiger partial charge in [-0.25, -0.2) is 0 Å². The second kappa shape index (κ2) is 8.27.